The van der Waals surface area contributed by atoms with E-state index in [0.29, 0.717) is 33.8 Å². The lowest BCUT2D eigenvalue weighted by atomic mass is 10.0. The highest BCUT2D eigenvalue weighted by molar-refractivity contribution is 9.10. The molecule has 33 heavy (non-hydrogen) atoms. The minimum atomic E-state index is -3.92. The number of aliphatic carboxylic acids is 1. The number of carbonyl (C=O) groups is 2. The number of aromatic nitrogens is 1. The summed E-state index contributed by atoms with van der Waals surface area (Å²) in [5.41, 5.74) is 3.76. The summed E-state index contributed by atoms with van der Waals surface area (Å²) in [5.74, 6) is -1.36. The highest BCUT2D eigenvalue weighted by Gasteiger charge is 2.30. The van der Waals surface area contributed by atoms with Crippen LogP contribution in [-0.2, 0) is 25.8 Å². The number of hydrogen-bond donors (Lipinski definition) is 3. The van der Waals surface area contributed by atoms with E-state index in [1.165, 1.54) is 12.1 Å². The topological polar surface area (TPSA) is 116 Å². The molecular weight excluding hydrogens is 508 g/mol. The number of benzene rings is 2. The SMILES string of the molecule is Cc1ccc(S(=O)(=O)c2c(C)[nH]c(C=C3C(=O)Nc4cc(Br)ccc43)c2CCC(=O)O)cc1. The molecule has 0 bridgehead atoms. The minimum Gasteiger partial charge on any atom is -0.481 e. The molecule has 0 saturated heterocycles. The first-order chi connectivity index (χ1) is 15.6. The lowest BCUT2D eigenvalue weighted by molar-refractivity contribution is -0.137. The second kappa shape index (κ2) is 8.64. The standard InChI is InChI=1S/C24H21BrN2O5S/c1-13-3-6-16(7-4-13)33(31,32)23-14(2)26-21(18(23)9-10-22(28)29)12-19-17-8-5-15(25)11-20(17)27-24(19)30/h3-8,11-12,26H,9-10H2,1-2H3,(H,27,30)(H,28,29). The molecule has 3 aromatic rings. The van der Waals surface area contributed by atoms with E-state index in [1.54, 1.807) is 37.3 Å². The number of aryl methyl sites for hydroxylation is 2. The van der Waals surface area contributed by atoms with Crippen molar-refractivity contribution in [3.63, 3.8) is 0 Å². The third kappa shape index (κ3) is 4.38. The summed E-state index contributed by atoms with van der Waals surface area (Å²) in [6.07, 6.45) is 1.33. The number of nitrogens with one attached hydrogen (secondary N) is 2. The summed E-state index contributed by atoms with van der Waals surface area (Å²) in [4.78, 5) is 27.2. The lowest BCUT2D eigenvalue weighted by Gasteiger charge is -2.09. The van der Waals surface area contributed by atoms with Crippen LogP contribution in [0.1, 0.15) is 34.5 Å². The third-order valence-corrected chi connectivity index (χ3v) is 7.98. The van der Waals surface area contributed by atoms with E-state index in [-0.39, 0.29) is 28.5 Å². The number of aromatic amines is 1. The summed E-state index contributed by atoms with van der Waals surface area (Å²) >= 11 is 3.38. The van der Waals surface area contributed by atoms with E-state index < -0.39 is 15.8 Å². The summed E-state index contributed by atoms with van der Waals surface area (Å²) in [5, 5.41) is 12.1. The Morgan fingerprint density at radius 2 is 1.82 bits per heavy atom. The maximum absolute atomic E-state index is 13.5. The van der Waals surface area contributed by atoms with Crippen molar-refractivity contribution in [3.8, 4) is 0 Å². The normalized spacial score (nSPS) is 14.4. The van der Waals surface area contributed by atoms with Gasteiger partial charge in [-0.15, -0.1) is 0 Å². The van der Waals surface area contributed by atoms with Crippen molar-refractivity contribution in [2.24, 2.45) is 0 Å². The van der Waals surface area contributed by atoms with Crippen LogP contribution >= 0.6 is 15.9 Å². The molecule has 0 radical (unpaired) electrons. The Bertz CT molecular complexity index is 1420. The molecule has 2 heterocycles. The molecule has 9 heteroatoms. The van der Waals surface area contributed by atoms with Gasteiger partial charge in [-0.25, -0.2) is 8.42 Å². The highest BCUT2D eigenvalue weighted by atomic mass is 79.9. The number of fused-ring (bicyclic) bond motifs is 1. The van der Waals surface area contributed by atoms with Crippen molar-refractivity contribution in [2.45, 2.75) is 36.5 Å². The van der Waals surface area contributed by atoms with Crippen molar-refractivity contribution in [1.29, 1.82) is 0 Å². The minimum absolute atomic E-state index is 0.00593. The first-order valence-electron chi connectivity index (χ1n) is 10.2. The predicted molar refractivity (Wildman–Crippen MR) is 129 cm³/mol. The smallest absolute Gasteiger partial charge is 0.303 e. The Morgan fingerprint density at radius 1 is 1.12 bits per heavy atom. The van der Waals surface area contributed by atoms with E-state index in [4.69, 9.17) is 0 Å². The number of carboxylic acid groups (broad SMARTS) is 1. The van der Waals surface area contributed by atoms with E-state index in [1.807, 2.05) is 13.0 Å². The van der Waals surface area contributed by atoms with Gasteiger partial charge in [0.1, 0.15) is 0 Å². The van der Waals surface area contributed by atoms with Crippen LogP contribution in [0.2, 0.25) is 0 Å². The van der Waals surface area contributed by atoms with E-state index in [2.05, 4.69) is 26.2 Å². The largest absolute Gasteiger partial charge is 0.481 e. The molecule has 0 aliphatic carbocycles. The monoisotopic (exact) mass is 528 g/mol. The highest BCUT2D eigenvalue weighted by Crippen LogP contribution is 2.37. The molecule has 0 fully saturated rings. The number of rotatable bonds is 6. The van der Waals surface area contributed by atoms with Gasteiger partial charge in [-0.1, -0.05) is 39.7 Å². The number of amides is 1. The molecule has 1 amide bonds. The van der Waals surface area contributed by atoms with Crippen LogP contribution in [-0.4, -0.2) is 30.4 Å². The zero-order valence-electron chi connectivity index (χ0n) is 17.9. The summed E-state index contributed by atoms with van der Waals surface area (Å²) < 4.78 is 27.8. The zero-order valence-corrected chi connectivity index (χ0v) is 20.3. The molecule has 4 rings (SSSR count). The number of halogens is 1. The number of anilines is 1. The van der Waals surface area contributed by atoms with Crippen LogP contribution in [0, 0.1) is 13.8 Å². The fraction of sp³-hybridized carbons (Fsp3) is 0.167. The van der Waals surface area contributed by atoms with Crippen molar-refractivity contribution in [2.75, 3.05) is 5.32 Å². The second-order valence-corrected chi connectivity index (χ2v) is 10.7. The first-order valence-corrected chi connectivity index (χ1v) is 12.4. The molecule has 1 aliphatic rings. The van der Waals surface area contributed by atoms with Gasteiger partial charge in [0, 0.05) is 27.8 Å². The summed E-state index contributed by atoms with van der Waals surface area (Å²) in [7, 11) is -3.92. The van der Waals surface area contributed by atoms with Crippen LogP contribution in [0.3, 0.4) is 0 Å². The Hall–Kier alpha value is -3.17. The van der Waals surface area contributed by atoms with Crippen LogP contribution in [0.5, 0.6) is 0 Å². The third-order valence-electron chi connectivity index (χ3n) is 5.50. The molecule has 170 valence electrons. The van der Waals surface area contributed by atoms with Gasteiger partial charge in [0.15, 0.2) is 0 Å². The Morgan fingerprint density at radius 3 is 2.48 bits per heavy atom. The molecule has 3 N–H and O–H groups in total. The molecule has 0 spiro atoms. The average molecular weight is 529 g/mol. The first kappa shape index (κ1) is 23.0. The van der Waals surface area contributed by atoms with Crippen LogP contribution in [0.15, 0.2) is 56.7 Å². The number of H-pyrrole nitrogens is 1. The van der Waals surface area contributed by atoms with Gasteiger partial charge >= 0.3 is 5.97 Å². The second-order valence-electron chi connectivity index (χ2n) is 7.88. The molecule has 1 aliphatic heterocycles. The lowest BCUT2D eigenvalue weighted by Crippen LogP contribution is -2.08. The molecule has 1 aromatic heterocycles. The van der Waals surface area contributed by atoms with Crippen molar-refractivity contribution in [3.05, 3.63) is 75.0 Å². The average Bonchev–Trinajstić information content (AvgIpc) is 3.22. The Balaban J connectivity index is 1.89. The van der Waals surface area contributed by atoms with Gasteiger partial charge in [0.05, 0.1) is 21.1 Å². The maximum Gasteiger partial charge on any atom is 0.303 e. The van der Waals surface area contributed by atoms with Gasteiger partial charge in [-0.05, 0) is 56.2 Å². The Labute approximate surface area is 199 Å². The van der Waals surface area contributed by atoms with E-state index >= 15 is 0 Å². The quantitative estimate of drug-likeness (QED) is 0.399. The predicted octanol–water partition coefficient (Wildman–Crippen LogP) is 4.74. The zero-order chi connectivity index (χ0) is 23.9. The van der Waals surface area contributed by atoms with Crippen molar-refractivity contribution < 1.29 is 23.1 Å². The van der Waals surface area contributed by atoms with Gasteiger partial charge in [0.2, 0.25) is 9.84 Å². The number of carbonyl (C=O) groups excluding carboxylic acids is 1. The number of sulfone groups is 1. The van der Waals surface area contributed by atoms with E-state index in [9.17, 15) is 23.1 Å². The van der Waals surface area contributed by atoms with Crippen LogP contribution in [0.4, 0.5) is 5.69 Å². The van der Waals surface area contributed by atoms with Crippen LogP contribution < -0.4 is 5.32 Å². The summed E-state index contributed by atoms with van der Waals surface area (Å²) in [6.45, 7) is 3.50. The Kier molecular flexibility index (Phi) is 6.02. The number of hydrogen-bond acceptors (Lipinski definition) is 4. The molecule has 0 saturated carbocycles. The van der Waals surface area contributed by atoms with Gasteiger partial charge in [-0.2, -0.15) is 0 Å². The van der Waals surface area contributed by atoms with Gasteiger partial charge in [0.25, 0.3) is 5.91 Å². The molecular formula is C24H21BrN2O5S. The van der Waals surface area contributed by atoms with Gasteiger partial charge in [-0.3, -0.25) is 9.59 Å². The van der Waals surface area contributed by atoms with Crippen LogP contribution in [0.25, 0.3) is 11.6 Å². The maximum atomic E-state index is 13.5. The fourth-order valence-electron chi connectivity index (χ4n) is 3.94. The molecule has 0 unspecified atom stereocenters. The van der Waals surface area contributed by atoms with Crippen molar-refractivity contribution >= 4 is 55.0 Å². The van der Waals surface area contributed by atoms with Gasteiger partial charge < -0.3 is 15.4 Å². The molecule has 7 nitrogen and oxygen atoms in total. The summed E-state index contributed by atoms with van der Waals surface area (Å²) in [6, 6.07) is 11.9. The molecule has 2 aromatic carbocycles. The number of carboxylic acids is 1. The van der Waals surface area contributed by atoms with Crippen molar-refractivity contribution in [1.82, 2.24) is 4.98 Å². The van der Waals surface area contributed by atoms with E-state index in [0.717, 1.165) is 10.0 Å². The fourth-order valence-corrected chi connectivity index (χ4v) is 6.02. The molecule has 0 atom stereocenters.